The Kier molecular flexibility index (Phi) is 4.95. The van der Waals surface area contributed by atoms with Crippen molar-refractivity contribution in [2.45, 2.75) is 38.4 Å². The third-order valence-corrected chi connectivity index (χ3v) is 4.02. The highest BCUT2D eigenvalue weighted by atomic mass is 32.1. The van der Waals surface area contributed by atoms with Crippen molar-refractivity contribution in [1.82, 2.24) is 9.59 Å². The van der Waals surface area contributed by atoms with Crippen LogP contribution in [0.15, 0.2) is 24.3 Å². The second-order valence-electron chi connectivity index (χ2n) is 4.84. The Morgan fingerprint density at radius 3 is 2.76 bits per heavy atom. The van der Waals surface area contributed by atoms with Gasteiger partial charge in [-0.25, -0.2) is 0 Å². The number of hydrogen-bond donors (Lipinski definition) is 1. The zero-order valence-electron chi connectivity index (χ0n) is 11.5. The number of halogens is 3. The van der Waals surface area contributed by atoms with Gasteiger partial charge < -0.3 is 5.73 Å². The van der Waals surface area contributed by atoms with Crippen molar-refractivity contribution >= 4 is 11.5 Å². The summed E-state index contributed by atoms with van der Waals surface area (Å²) in [7, 11) is 0. The molecule has 0 radical (unpaired) electrons. The van der Waals surface area contributed by atoms with Gasteiger partial charge in [0.05, 0.1) is 16.1 Å². The van der Waals surface area contributed by atoms with E-state index in [2.05, 4.69) is 9.59 Å². The molecule has 1 aromatic heterocycles. The van der Waals surface area contributed by atoms with Crippen LogP contribution >= 0.6 is 11.5 Å². The number of alkyl halides is 3. The minimum absolute atomic E-state index is 0.338. The molecular formula is C14H16F3N3S. The van der Waals surface area contributed by atoms with Crippen LogP contribution in [0.25, 0.3) is 0 Å². The molecule has 114 valence electrons. The lowest BCUT2D eigenvalue weighted by Gasteiger charge is -2.13. The van der Waals surface area contributed by atoms with Crippen LogP contribution in [0, 0.1) is 0 Å². The molecule has 0 aliphatic heterocycles. The van der Waals surface area contributed by atoms with E-state index in [9.17, 15) is 13.2 Å². The summed E-state index contributed by atoms with van der Waals surface area (Å²) in [6.07, 6.45) is -2.29. The van der Waals surface area contributed by atoms with Crippen molar-refractivity contribution in [1.29, 1.82) is 0 Å². The Hall–Kier alpha value is -1.47. The van der Waals surface area contributed by atoms with E-state index in [4.69, 9.17) is 5.73 Å². The van der Waals surface area contributed by atoms with Crippen molar-refractivity contribution in [2.24, 2.45) is 5.73 Å². The van der Waals surface area contributed by atoms with Gasteiger partial charge in [0.1, 0.15) is 0 Å². The molecule has 0 amide bonds. The molecule has 1 atom stereocenters. The third-order valence-electron chi connectivity index (χ3n) is 3.12. The predicted molar refractivity (Wildman–Crippen MR) is 76.0 cm³/mol. The number of aryl methyl sites for hydroxylation is 1. The van der Waals surface area contributed by atoms with Gasteiger partial charge in [-0.05, 0) is 36.0 Å². The molecule has 0 aliphatic carbocycles. The van der Waals surface area contributed by atoms with Crippen LogP contribution in [0.4, 0.5) is 13.2 Å². The fourth-order valence-electron chi connectivity index (χ4n) is 2.13. The van der Waals surface area contributed by atoms with Crippen LogP contribution < -0.4 is 5.73 Å². The third kappa shape index (κ3) is 4.01. The lowest BCUT2D eigenvalue weighted by atomic mass is 10.0. The quantitative estimate of drug-likeness (QED) is 0.914. The Labute approximate surface area is 125 Å². The summed E-state index contributed by atoms with van der Waals surface area (Å²) in [5.74, 6) is 0. The van der Waals surface area contributed by atoms with Gasteiger partial charge in [-0.1, -0.05) is 36.0 Å². The molecule has 0 fully saturated rings. The predicted octanol–water partition coefficient (Wildman–Crippen LogP) is 3.75. The van der Waals surface area contributed by atoms with Crippen molar-refractivity contribution in [3.05, 3.63) is 46.0 Å². The molecule has 2 rings (SSSR count). The first-order valence-corrected chi connectivity index (χ1v) is 7.42. The molecule has 0 bridgehead atoms. The van der Waals surface area contributed by atoms with Gasteiger partial charge in [-0.15, -0.1) is 5.10 Å². The van der Waals surface area contributed by atoms with Gasteiger partial charge in [0.25, 0.3) is 0 Å². The lowest BCUT2D eigenvalue weighted by Crippen LogP contribution is -2.14. The number of aromatic nitrogens is 2. The van der Waals surface area contributed by atoms with E-state index in [0.717, 1.165) is 35.5 Å². The average molecular weight is 315 g/mol. The Morgan fingerprint density at radius 1 is 1.33 bits per heavy atom. The molecule has 2 N–H and O–H groups in total. The first-order valence-electron chi connectivity index (χ1n) is 6.64. The van der Waals surface area contributed by atoms with Gasteiger partial charge in [0.2, 0.25) is 0 Å². The van der Waals surface area contributed by atoms with E-state index in [1.54, 1.807) is 6.07 Å². The zero-order chi connectivity index (χ0) is 15.5. The maximum Gasteiger partial charge on any atom is 0.416 e. The number of nitrogens with zero attached hydrogens (tertiary/aromatic N) is 2. The standard InChI is InChI=1S/C14H16F3N3S/c1-2-4-12-13(21-20-19-12)11(18)8-9-5-3-6-10(7-9)14(15,16)17/h3,5-7,11H,2,4,8,18H2,1H3. The first-order chi connectivity index (χ1) is 9.91. The molecule has 0 aliphatic rings. The maximum atomic E-state index is 12.7. The summed E-state index contributed by atoms with van der Waals surface area (Å²) in [4.78, 5) is 0.856. The molecule has 3 nitrogen and oxygen atoms in total. The molecule has 21 heavy (non-hydrogen) atoms. The second kappa shape index (κ2) is 6.53. The minimum atomic E-state index is -4.33. The topological polar surface area (TPSA) is 51.8 Å². The molecule has 1 unspecified atom stereocenters. The van der Waals surface area contributed by atoms with E-state index in [-0.39, 0.29) is 6.04 Å². The fraction of sp³-hybridized carbons (Fsp3) is 0.429. The summed E-state index contributed by atoms with van der Waals surface area (Å²) in [6.45, 7) is 2.03. The number of benzene rings is 1. The van der Waals surface area contributed by atoms with E-state index in [1.807, 2.05) is 6.92 Å². The largest absolute Gasteiger partial charge is 0.416 e. The van der Waals surface area contributed by atoms with E-state index >= 15 is 0 Å². The summed E-state index contributed by atoms with van der Waals surface area (Å²) >= 11 is 1.22. The van der Waals surface area contributed by atoms with Crippen molar-refractivity contribution in [3.8, 4) is 0 Å². The minimum Gasteiger partial charge on any atom is -0.323 e. The van der Waals surface area contributed by atoms with Gasteiger partial charge in [-0.3, -0.25) is 0 Å². The SMILES string of the molecule is CCCc1nnsc1C(N)Cc1cccc(C(F)(F)F)c1. The van der Waals surface area contributed by atoms with E-state index < -0.39 is 11.7 Å². The molecule has 0 saturated carbocycles. The normalized spacial score (nSPS) is 13.4. The molecule has 1 aromatic carbocycles. The number of hydrogen-bond acceptors (Lipinski definition) is 4. The molecule has 0 saturated heterocycles. The summed E-state index contributed by atoms with van der Waals surface area (Å²) in [5, 5.41) is 4.03. The lowest BCUT2D eigenvalue weighted by molar-refractivity contribution is -0.137. The Balaban J connectivity index is 2.16. The van der Waals surface area contributed by atoms with Crippen LogP contribution in [0.1, 0.15) is 41.1 Å². The highest BCUT2D eigenvalue weighted by Gasteiger charge is 2.30. The van der Waals surface area contributed by atoms with E-state index in [1.165, 1.54) is 17.6 Å². The van der Waals surface area contributed by atoms with Gasteiger partial charge in [0, 0.05) is 6.04 Å². The van der Waals surface area contributed by atoms with Crippen molar-refractivity contribution in [3.63, 3.8) is 0 Å². The first kappa shape index (κ1) is 15.9. The van der Waals surface area contributed by atoms with Gasteiger partial charge in [0.15, 0.2) is 0 Å². The zero-order valence-corrected chi connectivity index (χ0v) is 12.3. The van der Waals surface area contributed by atoms with Crippen LogP contribution in [0.3, 0.4) is 0 Å². The summed E-state index contributed by atoms with van der Waals surface area (Å²) in [6, 6.07) is 4.89. The maximum absolute atomic E-state index is 12.7. The summed E-state index contributed by atoms with van der Waals surface area (Å²) in [5.41, 5.74) is 6.87. The monoisotopic (exact) mass is 315 g/mol. The van der Waals surface area contributed by atoms with Crippen molar-refractivity contribution < 1.29 is 13.2 Å². The number of rotatable bonds is 5. The highest BCUT2D eigenvalue weighted by Crippen LogP contribution is 2.30. The Bertz CT molecular complexity index is 595. The fourth-order valence-corrected chi connectivity index (χ4v) is 2.82. The molecular weight excluding hydrogens is 299 g/mol. The number of nitrogens with two attached hydrogens (primary N) is 1. The summed E-state index contributed by atoms with van der Waals surface area (Å²) < 4.78 is 42.0. The highest BCUT2D eigenvalue weighted by molar-refractivity contribution is 7.05. The van der Waals surface area contributed by atoms with Crippen molar-refractivity contribution in [2.75, 3.05) is 0 Å². The molecule has 7 heteroatoms. The van der Waals surface area contributed by atoms with Gasteiger partial charge in [-0.2, -0.15) is 13.2 Å². The van der Waals surface area contributed by atoms with Crippen LogP contribution in [-0.4, -0.2) is 9.59 Å². The molecule has 1 heterocycles. The second-order valence-corrected chi connectivity index (χ2v) is 5.63. The smallest absolute Gasteiger partial charge is 0.323 e. The van der Waals surface area contributed by atoms with E-state index in [0.29, 0.717) is 12.0 Å². The van der Waals surface area contributed by atoms with Crippen LogP contribution in [-0.2, 0) is 19.0 Å². The van der Waals surface area contributed by atoms with Gasteiger partial charge >= 0.3 is 6.18 Å². The average Bonchev–Trinajstić information content (AvgIpc) is 2.87. The molecule has 2 aromatic rings. The van der Waals surface area contributed by atoms with Crippen LogP contribution in [0.2, 0.25) is 0 Å². The Morgan fingerprint density at radius 2 is 2.10 bits per heavy atom. The van der Waals surface area contributed by atoms with Crippen LogP contribution in [0.5, 0.6) is 0 Å². The molecule has 0 spiro atoms.